The van der Waals surface area contributed by atoms with Gasteiger partial charge in [-0.05, 0) is 50.7 Å². The van der Waals surface area contributed by atoms with Crippen LogP contribution in [0.2, 0.25) is 0 Å². The van der Waals surface area contributed by atoms with Gasteiger partial charge < -0.3 is 20.7 Å². The Kier molecular flexibility index (Phi) is 5.81. The standard InChI is InChI=1S/C20H29N3O3/c1-20(14-21,16-7-8-16)22-19(25)15-9-11-23(12-10-15)18(24)13-26-17-5-3-2-4-6-17/h2-6,15-16H,7-14,21H2,1H3,(H,22,25). The Bertz CT molecular complexity index is 624. The number of hydrogen-bond donors (Lipinski definition) is 2. The lowest BCUT2D eigenvalue weighted by molar-refractivity contribution is -0.137. The zero-order valence-corrected chi connectivity index (χ0v) is 15.4. The molecule has 1 aromatic carbocycles. The Balaban J connectivity index is 1.43. The first-order chi connectivity index (χ1) is 12.5. The average Bonchev–Trinajstić information content (AvgIpc) is 3.52. The second kappa shape index (κ2) is 8.08. The number of rotatable bonds is 7. The zero-order valence-electron chi connectivity index (χ0n) is 15.4. The second-order valence-electron chi connectivity index (χ2n) is 7.64. The minimum atomic E-state index is -0.284. The number of benzene rings is 1. The average molecular weight is 359 g/mol. The molecule has 1 atom stereocenters. The summed E-state index contributed by atoms with van der Waals surface area (Å²) >= 11 is 0. The van der Waals surface area contributed by atoms with E-state index in [1.54, 1.807) is 4.90 Å². The zero-order chi connectivity index (χ0) is 18.6. The lowest BCUT2D eigenvalue weighted by atomic mass is 9.91. The van der Waals surface area contributed by atoms with E-state index in [1.807, 2.05) is 37.3 Å². The summed E-state index contributed by atoms with van der Waals surface area (Å²) in [6.07, 6.45) is 3.66. The minimum absolute atomic E-state index is 0.0301. The highest BCUT2D eigenvalue weighted by atomic mass is 16.5. The molecule has 3 N–H and O–H groups in total. The van der Waals surface area contributed by atoms with Crippen LogP contribution >= 0.6 is 0 Å². The lowest BCUT2D eigenvalue weighted by Crippen LogP contribution is -2.55. The summed E-state index contributed by atoms with van der Waals surface area (Å²) in [6.45, 7) is 3.74. The van der Waals surface area contributed by atoms with E-state index in [9.17, 15) is 9.59 Å². The maximum absolute atomic E-state index is 12.6. The number of amides is 2. The molecule has 1 saturated heterocycles. The van der Waals surface area contributed by atoms with Gasteiger partial charge in [-0.3, -0.25) is 9.59 Å². The van der Waals surface area contributed by atoms with Crippen LogP contribution < -0.4 is 15.8 Å². The summed E-state index contributed by atoms with van der Waals surface area (Å²) in [6, 6.07) is 9.32. The van der Waals surface area contributed by atoms with Gasteiger partial charge >= 0.3 is 0 Å². The fourth-order valence-corrected chi connectivity index (χ4v) is 3.57. The van der Waals surface area contributed by atoms with Crippen molar-refractivity contribution >= 4 is 11.8 Å². The summed E-state index contributed by atoms with van der Waals surface area (Å²) in [5, 5.41) is 3.17. The Morgan fingerprint density at radius 1 is 1.19 bits per heavy atom. The third-order valence-electron chi connectivity index (χ3n) is 5.64. The third-order valence-corrected chi connectivity index (χ3v) is 5.64. The Labute approximate surface area is 155 Å². The van der Waals surface area contributed by atoms with Gasteiger partial charge in [0.25, 0.3) is 5.91 Å². The van der Waals surface area contributed by atoms with Crippen molar-refractivity contribution in [3.8, 4) is 5.75 Å². The topological polar surface area (TPSA) is 84.7 Å². The molecular weight excluding hydrogens is 330 g/mol. The van der Waals surface area contributed by atoms with Crippen molar-refractivity contribution in [3.63, 3.8) is 0 Å². The maximum atomic E-state index is 12.6. The number of nitrogens with two attached hydrogens (primary N) is 1. The van der Waals surface area contributed by atoms with Gasteiger partial charge in [-0.15, -0.1) is 0 Å². The molecular formula is C20H29N3O3. The number of nitrogens with zero attached hydrogens (tertiary/aromatic N) is 1. The van der Waals surface area contributed by atoms with Crippen LogP contribution in [-0.4, -0.2) is 48.5 Å². The number of hydrogen-bond acceptors (Lipinski definition) is 4. The van der Waals surface area contributed by atoms with Crippen molar-refractivity contribution in [2.45, 2.75) is 38.1 Å². The number of carbonyl (C=O) groups excluding carboxylic acids is 2. The molecule has 1 unspecified atom stereocenters. The van der Waals surface area contributed by atoms with Crippen molar-refractivity contribution < 1.29 is 14.3 Å². The van der Waals surface area contributed by atoms with Crippen LogP contribution in [0, 0.1) is 11.8 Å². The maximum Gasteiger partial charge on any atom is 0.260 e. The minimum Gasteiger partial charge on any atom is -0.484 e. The molecule has 0 radical (unpaired) electrons. The lowest BCUT2D eigenvalue weighted by Gasteiger charge is -2.35. The van der Waals surface area contributed by atoms with Crippen molar-refractivity contribution in [2.75, 3.05) is 26.2 Å². The predicted octanol–water partition coefficient (Wildman–Crippen LogP) is 1.55. The molecule has 26 heavy (non-hydrogen) atoms. The van der Waals surface area contributed by atoms with Crippen LogP contribution in [-0.2, 0) is 9.59 Å². The summed E-state index contributed by atoms with van der Waals surface area (Å²) < 4.78 is 5.52. The van der Waals surface area contributed by atoms with Gasteiger partial charge in [-0.25, -0.2) is 0 Å². The van der Waals surface area contributed by atoms with E-state index in [0.717, 1.165) is 12.8 Å². The number of carbonyl (C=O) groups is 2. The summed E-state index contributed by atoms with van der Waals surface area (Å²) in [5.74, 6) is 1.21. The van der Waals surface area contributed by atoms with Crippen molar-refractivity contribution in [1.29, 1.82) is 0 Å². The van der Waals surface area contributed by atoms with Crippen LogP contribution in [0.3, 0.4) is 0 Å². The first-order valence-corrected chi connectivity index (χ1v) is 9.49. The normalized spacial score (nSPS) is 20.3. The Morgan fingerprint density at radius 3 is 2.42 bits per heavy atom. The van der Waals surface area contributed by atoms with E-state index in [0.29, 0.717) is 44.1 Å². The molecule has 0 bridgehead atoms. The van der Waals surface area contributed by atoms with Crippen LogP contribution in [0.5, 0.6) is 5.75 Å². The molecule has 1 aromatic rings. The molecule has 3 rings (SSSR count). The summed E-state index contributed by atoms with van der Waals surface area (Å²) in [4.78, 5) is 26.7. The van der Waals surface area contributed by atoms with E-state index in [-0.39, 0.29) is 29.9 Å². The highest BCUT2D eigenvalue weighted by Gasteiger charge is 2.42. The summed E-state index contributed by atoms with van der Waals surface area (Å²) in [7, 11) is 0. The predicted molar refractivity (Wildman–Crippen MR) is 99.6 cm³/mol. The van der Waals surface area contributed by atoms with Gasteiger partial charge in [-0.1, -0.05) is 18.2 Å². The van der Waals surface area contributed by atoms with Crippen molar-refractivity contribution in [1.82, 2.24) is 10.2 Å². The van der Waals surface area contributed by atoms with Crippen LogP contribution in [0.15, 0.2) is 30.3 Å². The van der Waals surface area contributed by atoms with Crippen molar-refractivity contribution in [3.05, 3.63) is 30.3 Å². The molecule has 1 heterocycles. The van der Waals surface area contributed by atoms with Gasteiger partial charge in [0, 0.05) is 25.6 Å². The van der Waals surface area contributed by atoms with Gasteiger partial charge in [0.2, 0.25) is 5.91 Å². The summed E-state index contributed by atoms with van der Waals surface area (Å²) in [5.41, 5.74) is 5.60. The fourth-order valence-electron chi connectivity index (χ4n) is 3.57. The van der Waals surface area contributed by atoms with Crippen LogP contribution in [0.4, 0.5) is 0 Å². The molecule has 0 aromatic heterocycles. The molecule has 2 aliphatic rings. The number of piperidine rings is 1. The Hall–Kier alpha value is -2.08. The molecule has 2 amide bonds. The molecule has 142 valence electrons. The monoisotopic (exact) mass is 359 g/mol. The highest BCUT2D eigenvalue weighted by molar-refractivity contribution is 5.81. The molecule has 1 saturated carbocycles. The van der Waals surface area contributed by atoms with E-state index in [2.05, 4.69) is 5.32 Å². The number of nitrogens with one attached hydrogen (secondary N) is 1. The molecule has 6 heteroatoms. The second-order valence-corrected chi connectivity index (χ2v) is 7.64. The number of ether oxygens (including phenoxy) is 1. The molecule has 1 aliphatic heterocycles. The van der Waals surface area contributed by atoms with E-state index >= 15 is 0 Å². The number of para-hydroxylation sites is 1. The van der Waals surface area contributed by atoms with Gasteiger partial charge in [0.1, 0.15) is 5.75 Å². The Morgan fingerprint density at radius 2 is 1.85 bits per heavy atom. The first-order valence-electron chi connectivity index (χ1n) is 9.49. The molecule has 6 nitrogen and oxygen atoms in total. The fraction of sp³-hybridized carbons (Fsp3) is 0.600. The van der Waals surface area contributed by atoms with Gasteiger partial charge in [0.05, 0.1) is 5.54 Å². The smallest absolute Gasteiger partial charge is 0.260 e. The number of likely N-dealkylation sites (tertiary alicyclic amines) is 1. The quantitative estimate of drug-likeness (QED) is 0.773. The van der Waals surface area contributed by atoms with E-state index in [4.69, 9.17) is 10.5 Å². The third kappa shape index (κ3) is 4.55. The largest absolute Gasteiger partial charge is 0.484 e. The van der Waals surface area contributed by atoms with E-state index in [1.165, 1.54) is 0 Å². The SMILES string of the molecule is CC(CN)(NC(=O)C1CCN(C(=O)COc2ccccc2)CC1)C1CC1. The van der Waals surface area contributed by atoms with Gasteiger partial charge in [0.15, 0.2) is 6.61 Å². The van der Waals surface area contributed by atoms with Gasteiger partial charge in [-0.2, -0.15) is 0 Å². The molecule has 0 spiro atoms. The molecule has 1 aliphatic carbocycles. The highest BCUT2D eigenvalue weighted by Crippen LogP contribution is 2.39. The van der Waals surface area contributed by atoms with Crippen LogP contribution in [0.25, 0.3) is 0 Å². The van der Waals surface area contributed by atoms with Crippen molar-refractivity contribution in [2.24, 2.45) is 17.6 Å². The van der Waals surface area contributed by atoms with Crippen LogP contribution in [0.1, 0.15) is 32.6 Å². The molecule has 2 fully saturated rings. The van der Waals surface area contributed by atoms with E-state index < -0.39 is 0 Å². The first kappa shape index (κ1) is 18.7.